The van der Waals surface area contributed by atoms with E-state index in [4.69, 9.17) is 0 Å². The van der Waals surface area contributed by atoms with E-state index in [0.717, 1.165) is 16.3 Å². The standard InChI is InChI=1S/C16H18N4O2S/c1-19(15(21)10-20-8-7-17-16(20)22)9-14-18-13(11-23-14)12-5-3-2-4-6-12/h2-6,11H,7-10H2,1H3,(H,17,22). The largest absolute Gasteiger partial charge is 0.337 e. The van der Waals surface area contributed by atoms with Crippen molar-refractivity contribution in [1.82, 2.24) is 20.1 Å². The summed E-state index contributed by atoms with van der Waals surface area (Å²) in [5.41, 5.74) is 1.99. The SMILES string of the molecule is CN(Cc1nc(-c2ccccc2)cs1)C(=O)CN1CCNC1=O. The molecular formula is C16H18N4O2S. The fourth-order valence-corrected chi connectivity index (χ4v) is 3.22. The second kappa shape index (κ2) is 6.78. The third-order valence-corrected chi connectivity index (χ3v) is 4.52. The van der Waals surface area contributed by atoms with Gasteiger partial charge in [-0.1, -0.05) is 30.3 Å². The van der Waals surface area contributed by atoms with Gasteiger partial charge in [-0.3, -0.25) is 4.79 Å². The molecule has 0 spiro atoms. The van der Waals surface area contributed by atoms with Gasteiger partial charge in [0.1, 0.15) is 11.6 Å². The number of thiazole rings is 1. The third-order valence-electron chi connectivity index (χ3n) is 3.69. The van der Waals surface area contributed by atoms with Crippen LogP contribution in [0.2, 0.25) is 0 Å². The van der Waals surface area contributed by atoms with E-state index in [-0.39, 0.29) is 18.5 Å². The van der Waals surface area contributed by atoms with Crippen molar-refractivity contribution in [3.63, 3.8) is 0 Å². The monoisotopic (exact) mass is 330 g/mol. The summed E-state index contributed by atoms with van der Waals surface area (Å²) in [6, 6.07) is 9.78. The molecule has 1 aromatic heterocycles. The van der Waals surface area contributed by atoms with Gasteiger partial charge in [-0.2, -0.15) is 0 Å². The molecule has 7 heteroatoms. The minimum atomic E-state index is -0.174. The molecule has 1 fully saturated rings. The number of carbonyl (C=O) groups excluding carboxylic acids is 2. The van der Waals surface area contributed by atoms with Crippen LogP contribution in [0.4, 0.5) is 4.79 Å². The molecule has 1 aliphatic heterocycles. The van der Waals surface area contributed by atoms with Crippen LogP contribution < -0.4 is 5.32 Å². The first-order valence-corrected chi connectivity index (χ1v) is 8.28. The number of rotatable bonds is 5. The number of hydrogen-bond acceptors (Lipinski definition) is 4. The number of nitrogens with one attached hydrogen (secondary N) is 1. The second-order valence-electron chi connectivity index (χ2n) is 5.40. The van der Waals surface area contributed by atoms with Gasteiger partial charge in [-0.15, -0.1) is 11.3 Å². The average molecular weight is 330 g/mol. The molecule has 1 saturated heterocycles. The Balaban J connectivity index is 1.59. The summed E-state index contributed by atoms with van der Waals surface area (Å²) < 4.78 is 0. The highest BCUT2D eigenvalue weighted by Gasteiger charge is 2.23. The van der Waals surface area contributed by atoms with Crippen LogP contribution in [-0.4, -0.2) is 53.4 Å². The number of likely N-dealkylation sites (N-methyl/N-ethyl adjacent to an activating group) is 1. The van der Waals surface area contributed by atoms with Crippen molar-refractivity contribution >= 4 is 23.3 Å². The van der Waals surface area contributed by atoms with Crippen LogP contribution in [0.1, 0.15) is 5.01 Å². The molecule has 0 atom stereocenters. The topological polar surface area (TPSA) is 65.5 Å². The van der Waals surface area contributed by atoms with Crippen molar-refractivity contribution in [2.24, 2.45) is 0 Å². The van der Waals surface area contributed by atoms with E-state index in [1.54, 1.807) is 11.9 Å². The molecule has 0 aliphatic carbocycles. The molecule has 0 unspecified atom stereocenters. The van der Waals surface area contributed by atoms with Gasteiger partial charge >= 0.3 is 6.03 Å². The molecule has 0 radical (unpaired) electrons. The van der Waals surface area contributed by atoms with Crippen molar-refractivity contribution in [1.29, 1.82) is 0 Å². The van der Waals surface area contributed by atoms with E-state index in [9.17, 15) is 9.59 Å². The minimum Gasteiger partial charge on any atom is -0.337 e. The van der Waals surface area contributed by atoms with Gasteiger partial charge in [0.25, 0.3) is 0 Å². The Morgan fingerprint density at radius 2 is 2.17 bits per heavy atom. The van der Waals surface area contributed by atoms with Gasteiger partial charge in [0.05, 0.1) is 12.2 Å². The number of hydrogen-bond donors (Lipinski definition) is 1. The van der Waals surface area contributed by atoms with Crippen LogP contribution in [0.15, 0.2) is 35.7 Å². The lowest BCUT2D eigenvalue weighted by atomic mass is 10.2. The Morgan fingerprint density at radius 1 is 1.39 bits per heavy atom. The van der Waals surface area contributed by atoms with Gasteiger partial charge in [0.15, 0.2) is 0 Å². The van der Waals surface area contributed by atoms with E-state index < -0.39 is 0 Å². The number of urea groups is 1. The van der Waals surface area contributed by atoms with Crippen LogP contribution in [0, 0.1) is 0 Å². The maximum absolute atomic E-state index is 12.2. The van der Waals surface area contributed by atoms with Crippen molar-refractivity contribution < 1.29 is 9.59 Å². The summed E-state index contributed by atoms with van der Waals surface area (Å²) in [5.74, 6) is -0.0847. The van der Waals surface area contributed by atoms with Crippen LogP contribution in [0.3, 0.4) is 0 Å². The van der Waals surface area contributed by atoms with Gasteiger partial charge in [-0.05, 0) is 0 Å². The van der Waals surface area contributed by atoms with Gasteiger partial charge in [-0.25, -0.2) is 9.78 Å². The molecule has 1 aromatic carbocycles. The lowest BCUT2D eigenvalue weighted by Gasteiger charge is -2.19. The maximum atomic E-state index is 12.2. The number of amides is 3. The van der Waals surface area contributed by atoms with Gasteiger partial charge in [0.2, 0.25) is 5.91 Å². The normalized spacial score (nSPS) is 14.0. The molecular weight excluding hydrogens is 312 g/mol. The Morgan fingerprint density at radius 3 is 2.87 bits per heavy atom. The summed E-state index contributed by atoms with van der Waals surface area (Å²) in [6.45, 7) is 1.74. The quantitative estimate of drug-likeness (QED) is 0.909. The molecule has 2 heterocycles. The van der Waals surface area contributed by atoms with Gasteiger partial charge < -0.3 is 15.1 Å². The smallest absolute Gasteiger partial charge is 0.317 e. The van der Waals surface area contributed by atoms with Crippen molar-refractivity contribution in [3.05, 3.63) is 40.7 Å². The highest BCUT2D eigenvalue weighted by atomic mass is 32.1. The van der Waals surface area contributed by atoms with Crippen molar-refractivity contribution in [2.75, 3.05) is 26.7 Å². The molecule has 6 nitrogen and oxygen atoms in total. The first-order valence-electron chi connectivity index (χ1n) is 7.40. The second-order valence-corrected chi connectivity index (χ2v) is 6.34. The molecule has 0 saturated carbocycles. The molecule has 120 valence electrons. The fraction of sp³-hybridized carbons (Fsp3) is 0.312. The summed E-state index contributed by atoms with van der Waals surface area (Å²) >= 11 is 1.54. The molecule has 1 aliphatic rings. The average Bonchev–Trinajstić information content (AvgIpc) is 3.18. The van der Waals surface area contributed by atoms with E-state index in [1.807, 2.05) is 35.7 Å². The summed E-state index contributed by atoms with van der Waals surface area (Å²) in [4.78, 5) is 31.4. The van der Waals surface area contributed by atoms with E-state index in [1.165, 1.54) is 16.2 Å². The van der Waals surface area contributed by atoms with Crippen LogP contribution in [0.5, 0.6) is 0 Å². The van der Waals surface area contributed by atoms with E-state index >= 15 is 0 Å². The van der Waals surface area contributed by atoms with E-state index in [2.05, 4.69) is 10.3 Å². The summed E-state index contributed by atoms with van der Waals surface area (Å²) in [6.07, 6.45) is 0. The Labute approximate surface area is 138 Å². The number of benzene rings is 1. The summed E-state index contributed by atoms with van der Waals surface area (Å²) in [7, 11) is 1.74. The molecule has 2 aromatic rings. The van der Waals surface area contributed by atoms with Gasteiger partial charge in [0, 0.05) is 31.1 Å². The zero-order chi connectivity index (χ0) is 16.2. The lowest BCUT2D eigenvalue weighted by Crippen LogP contribution is -2.39. The summed E-state index contributed by atoms with van der Waals surface area (Å²) in [5, 5.41) is 5.57. The first kappa shape index (κ1) is 15.5. The zero-order valence-corrected chi connectivity index (χ0v) is 13.7. The zero-order valence-electron chi connectivity index (χ0n) is 12.9. The highest BCUT2D eigenvalue weighted by molar-refractivity contribution is 7.09. The fourth-order valence-electron chi connectivity index (χ4n) is 2.36. The molecule has 23 heavy (non-hydrogen) atoms. The molecule has 1 N–H and O–H groups in total. The minimum absolute atomic E-state index is 0.0847. The predicted molar refractivity (Wildman–Crippen MR) is 89.0 cm³/mol. The predicted octanol–water partition coefficient (Wildman–Crippen LogP) is 1.79. The Kier molecular flexibility index (Phi) is 4.57. The number of nitrogens with zero attached hydrogens (tertiary/aromatic N) is 3. The number of carbonyl (C=O) groups is 2. The van der Waals surface area contributed by atoms with E-state index in [0.29, 0.717) is 19.6 Å². The highest BCUT2D eigenvalue weighted by Crippen LogP contribution is 2.22. The Hall–Kier alpha value is -2.41. The van der Waals surface area contributed by atoms with Crippen LogP contribution in [0.25, 0.3) is 11.3 Å². The Bertz CT molecular complexity index is 701. The lowest BCUT2D eigenvalue weighted by molar-refractivity contribution is -0.130. The van der Waals surface area contributed by atoms with Crippen LogP contribution >= 0.6 is 11.3 Å². The first-order chi connectivity index (χ1) is 11.1. The maximum Gasteiger partial charge on any atom is 0.317 e. The third kappa shape index (κ3) is 3.68. The molecule has 3 amide bonds. The van der Waals surface area contributed by atoms with Crippen molar-refractivity contribution in [3.8, 4) is 11.3 Å². The van der Waals surface area contributed by atoms with Crippen molar-refractivity contribution in [2.45, 2.75) is 6.54 Å². The van der Waals surface area contributed by atoms with Crippen LogP contribution in [-0.2, 0) is 11.3 Å². The molecule has 0 bridgehead atoms. The molecule has 3 rings (SSSR count). The number of aromatic nitrogens is 1.